The largest absolute Gasteiger partial charge is 0.490 e. The molecule has 1 atom stereocenters. The quantitative estimate of drug-likeness (QED) is 0.665. The summed E-state index contributed by atoms with van der Waals surface area (Å²) in [6.07, 6.45) is 0. The van der Waals surface area contributed by atoms with Crippen LogP contribution in [0.15, 0.2) is 34.7 Å². The van der Waals surface area contributed by atoms with E-state index < -0.39 is 4.92 Å². The predicted molar refractivity (Wildman–Crippen MR) is 75.1 cm³/mol. The number of hydrogen-bond acceptors (Lipinski definition) is 5. The van der Waals surface area contributed by atoms with Crippen molar-refractivity contribution in [2.45, 2.75) is 19.9 Å². The van der Waals surface area contributed by atoms with Crippen molar-refractivity contribution in [2.24, 2.45) is 0 Å². The second-order valence-electron chi connectivity index (χ2n) is 4.46. The van der Waals surface area contributed by atoms with E-state index in [0.717, 1.165) is 17.2 Å². The monoisotopic (exact) mass is 276 g/mol. The molecule has 1 aromatic heterocycles. The molecule has 106 valence electrons. The van der Waals surface area contributed by atoms with Gasteiger partial charge in [0.1, 0.15) is 11.5 Å². The summed E-state index contributed by atoms with van der Waals surface area (Å²) < 4.78 is 10.6. The first-order chi connectivity index (χ1) is 9.51. The van der Waals surface area contributed by atoms with E-state index in [9.17, 15) is 10.1 Å². The van der Waals surface area contributed by atoms with Gasteiger partial charge in [0.2, 0.25) is 0 Å². The third-order valence-electron chi connectivity index (χ3n) is 2.95. The molecule has 1 aromatic carbocycles. The van der Waals surface area contributed by atoms with Crippen LogP contribution in [0.2, 0.25) is 0 Å². The van der Waals surface area contributed by atoms with Gasteiger partial charge in [-0.15, -0.1) is 0 Å². The topological polar surface area (TPSA) is 77.5 Å². The van der Waals surface area contributed by atoms with Crippen molar-refractivity contribution in [3.63, 3.8) is 0 Å². The summed E-state index contributed by atoms with van der Waals surface area (Å²) in [5, 5.41) is 14.0. The molecule has 0 radical (unpaired) electrons. The van der Waals surface area contributed by atoms with Crippen LogP contribution in [0.25, 0.3) is 0 Å². The lowest BCUT2D eigenvalue weighted by molar-refractivity contribution is -0.385. The maximum atomic E-state index is 10.8. The number of methoxy groups -OCH3 is 1. The summed E-state index contributed by atoms with van der Waals surface area (Å²) in [4.78, 5) is 10.4. The number of nitrogens with one attached hydrogen (secondary N) is 1. The molecule has 0 aliphatic carbocycles. The minimum absolute atomic E-state index is 0.0464. The molecule has 0 amide bonds. The summed E-state index contributed by atoms with van der Waals surface area (Å²) in [7, 11) is 1.41. The summed E-state index contributed by atoms with van der Waals surface area (Å²) in [5.74, 6) is 1.87. The lowest BCUT2D eigenvalue weighted by Gasteiger charge is -2.13. The van der Waals surface area contributed by atoms with Crippen LogP contribution >= 0.6 is 0 Å². The van der Waals surface area contributed by atoms with Gasteiger partial charge in [0.05, 0.1) is 18.1 Å². The van der Waals surface area contributed by atoms with Crippen LogP contribution in [0.4, 0.5) is 11.4 Å². The van der Waals surface area contributed by atoms with Crippen molar-refractivity contribution in [3.05, 3.63) is 52.0 Å². The minimum atomic E-state index is -0.470. The van der Waals surface area contributed by atoms with Crippen LogP contribution in [0.1, 0.15) is 24.5 Å². The van der Waals surface area contributed by atoms with Crippen molar-refractivity contribution in [1.29, 1.82) is 0 Å². The van der Waals surface area contributed by atoms with Gasteiger partial charge in [-0.2, -0.15) is 0 Å². The van der Waals surface area contributed by atoms with Crippen LogP contribution in [0, 0.1) is 17.0 Å². The zero-order valence-corrected chi connectivity index (χ0v) is 11.5. The Bertz CT molecular complexity index is 621. The molecule has 0 fully saturated rings. The molecule has 2 rings (SSSR count). The van der Waals surface area contributed by atoms with E-state index in [4.69, 9.17) is 9.15 Å². The number of furan rings is 1. The number of rotatable bonds is 5. The molecular weight excluding hydrogens is 260 g/mol. The van der Waals surface area contributed by atoms with Crippen molar-refractivity contribution in [3.8, 4) is 5.75 Å². The van der Waals surface area contributed by atoms with Gasteiger partial charge in [0, 0.05) is 17.8 Å². The Labute approximate surface area is 116 Å². The van der Waals surface area contributed by atoms with E-state index >= 15 is 0 Å². The second-order valence-corrected chi connectivity index (χ2v) is 4.46. The van der Waals surface area contributed by atoms with Crippen LogP contribution in [-0.2, 0) is 0 Å². The molecule has 1 N–H and O–H groups in total. The molecule has 0 spiro atoms. The van der Waals surface area contributed by atoms with Gasteiger partial charge in [-0.25, -0.2) is 0 Å². The standard InChI is InChI=1S/C14H16N2O4/c1-9-4-7-13(20-9)10(2)15-11-5-6-12(16(17)18)14(8-11)19-3/h4-8,10,15H,1-3H3. The van der Waals surface area contributed by atoms with Crippen molar-refractivity contribution < 1.29 is 14.1 Å². The van der Waals surface area contributed by atoms with Gasteiger partial charge >= 0.3 is 5.69 Å². The highest BCUT2D eigenvalue weighted by Crippen LogP contribution is 2.31. The summed E-state index contributed by atoms with van der Waals surface area (Å²) in [6.45, 7) is 3.83. The summed E-state index contributed by atoms with van der Waals surface area (Å²) in [5.41, 5.74) is 0.675. The Balaban J connectivity index is 2.19. The number of aryl methyl sites for hydroxylation is 1. The molecule has 1 heterocycles. The Kier molecular flexibility index (Phi) is 3.93. The number of nitrogens with zero attached hydrogens (tertiary/aromatic N) is 1. The molecular formula is C14H16N2O4. The first kappa shape index (κ1) is 13.9. The summed E-state index contributed by atoms with van der Waals surface area (Å²) in [6, 6.07) is 8.41. The van der Waals surface area contributed by atoms with Crippen LogP contribution in [0.3, 0.4) is 0 Å². The number of anilines is 1. The lowest BCUT2D eigenvalue weighted by Crippen LogP contribution is -2.06. The number of ether oxygens (including phenoxy) is 1. The zero-order valence-electron chi connectivity index (χ0n) is 11.5. The molecule has 0 saturated carbocycles. The van der Waals surface area contributed by atoms with Gasteiger partial charge in [-0.3, -0.25) is 10.1 Å². The highest BCUT2D eigenvalue weighted by molar-refractivity contribution is 5.58. The van der Waals surface area contributed by atoms with Gasteiger partial charge in [-0.05, 0) is 32.0 Å². The Morgan fingerprint density at radius 1 is 1.35 bits per heavy atom. The minimum Gasteiger partial charge on any atom is -0.490 e. The first-order valence-corrected chi connectivity index (χ1v) is 6.16. The number of hydrogen-bond donors (Lipinski definition) is 1. The van der Waals surface area contributed by atoms with Crippen molar-refractivity contribution in [2.75, 3.05) is 12.4 Å². The highest BCUT2D eigenvalue weighted by atomic mass is 16.6. The molecule has 2 aromatic rings. The fourth-order valence-corrected chi connectivity index (χ4v) is 1.93. The molecule has 0 aliphatic rings. The van der Waals surface area contributed by atoms with Crippen LogP contribution in [0.5, 0.6) is 5.75 Å². The number of nitro benzene ring substituents is 1. The van der Waals surface area contributed by atoms with Gasteiger partial charge < -0.3 is 14.5 Å². The van der Waals surface area contributed by atoms with E-state index in [0.29, 0.717) is 0 Å². The summed E-state index contributed by atoms with van der Waals surface area (Å²) >= 11 is 0. The van der Waals surface area contributed by atoms with E-state index in [-0.39, 0.29) is 17.5 Å². The Morgan fingerprint density at radius 2 is 2.10 bits per heavy atom. The lowest BCUT2D eigenvalue weighted by atomic mass is 10.2. The third kappa shape index (κ3) is 2.90. The molecule has 0 bridgehead atoms. The maximum absolute atomic E-state index is 10.8. The molecule has 1 unspecified atom stereocenters. The average molecular weight is 276 g/mol. The molecule has 20 heavy (non-hydrogen) atoms. The fraction of sp³-hybridized carbons (Fsp3) is 0.286. The predicted octanol–water partition coefficient (Wildman–Crippen LogP) is 3.68. The molecule has 0 saturated heterocycles. The SMILES string of the molecule is COc1cc(NC(C)c2ccc(C)o2)ccc1[N+](=O)[O-]. The molecule has 6 heteroatoms. The smallest absolute Gasteiger partial charge is 0.311 e. The van der Waals surface area contributed by atoms with Crippen LogP contribution in [-0.4, -0.2) is 12.0 Å². The number of benzene rings is 1. The van der Waals surface area contributed by atoms with Gasteiger partial charge in [-0.1, -0.05) is 0 Å². The van der Waals surface area contributed by atoms with Crippen molar-refractivity contribution >= 4 is 11.4 Å². The second kappa shape index (κ2) is 5.64. The van der Waals surface area contributed by atoms with E-state index in [1.165, 1.54) is 13.2 Å². The Hall–Kier alpha value is -2.50. The fourth-order valence-electron chi connectivity index (χ4n) is 1.93. The van der Waals surface area contributed by atoms with E-state index in [1.807, 2.05) is 26.0 Å². The molecule has 6 nitrogen and oxygen atoms in total. The van der Waals surface area contributed by atoms with Crippen LogP contribution < -0.4 is 10.1 Å². The molecule has 0 aliphatic heterocycles. The third-order valence-corrected chi connectivity index (χ3v) is 2.95. The van der Waals surface area contributed by atoms with E-state index in [1.54, 1.807) is 12.1 Å². The maximum Gasteiger partial charge on any atom is 0.311 e. The normalized spacial score (nSPS) is 11.9. The first-order valence-electron chi connectivity index (χ1n) is 6.16. The van der Waals surface area contributed by atoms with Gasteiger partial charge in [0.15, 0.2) is 5.75 Å². The average Bonchev–Trinajstić information content (AvgIpc) is 2.85. The van der Waals surface area contributed by atoms with E-state index in [2.05, 4.69) is 5.32 Å². The van der Waals surface area contributed by atoms with Gasteiger partial charge in [0.25, 0.3) is 0 Å². The zero-order chi connectivity index (χ0) is 14.7. The Morgan fingerprint density at radius 3 is 2.65 bits per heavy atom. The highest BCUT2D eigenvalue weighted by Gasteiger charge is 2.16. The number of nitro groups is 1. The van der Waals surface area contributed by atoms with Crippen molar-refractivity contribution in [1.82, 2.24) is 0 Å².